The molecule has 0 unspecified atom stereocenters. The van der Waals surface area contributed by atoms with Crippen molar-refractivity contribution in [3.8, 4) is 10.4 Å². The average Bonchev–Trinajstić information content (AvgIpc) is 2.66. The zero-order valence-corrected chi connectivity index (χ0v) is 8.91. The summed E-state index contributed by atoms with van der Waals surface area (Å²) in [5.41, 5.74) is 2.27. The molecule has 0 saturated heterocycles. The minimum absolute atomic E-state index is 0.108. The van der Waals surface area contributed by atoms with Gasteiger partial charge in [-0.1, -0.05) is 29.8 Å². The Labute approximate surface area is 91.2 Å². The van der Waals surface area contributed by atoms with Crippen LogP contribution in [0.2, 0.25) is 0 Å². The molecule has 0 spiro atoms. The number of aryl methyl sites for hydroxylation is 1. The largest absolute Gasteiger partial charge is 0.476 e. The topological polar surface area (TPSA) is 50.2 Å². The van der Waals surface area contributed by atoms with Crippen LogP contribution in [0.3, 0.4) is 0 Å². The maximum atomic E-state index is 10.7. The highest BCUT2D eigenvalue weighted by Crippen LogP contribution is 2.25. The fourth-order valence-corrected chi connectivity index (χ4v) is 2.03. The fraction of sp³-hybridized carbons (Fsp3) is 0.0909. The van der Waals surface area contributed by atoms with E-state index < -0.39 is 5.97 Å². The predicted molar refractivity (Wildman–Crippen MR) is 59.2 cm³/mol. The molecule has 1 heterocycles. The molecule has 0 fully saturated rings. The number of carboxylic acids is 1. The summed E-state index contributed by atoms with van der Waals surface area (Å²) in [4.78, 5) is 11.5. The molecule has 1 aromatic heterocycles. The first-order valence-electron chi connectivity index (χ1n) is 4.44. The van der Waals surface area contributed by atoms with Crippen LogP contribution in [0.4, 0.5) is 0 Å². The standard InChI is InChI=1S/C11H9NO2S/c1-7-3-2-4-8(5-7)10-6-9(11(13)14)12-15-10/h2-6H,1H3,(H,13,14). The van der Waals surface area contributed by atoms with Crippen molar-refractivity contribution in [3.05, 3.63) is 41.6 Å². The smallest absolute Gasteiger partial charge is 0.355 e. The lowest BCUT2D eigenvalue weighted by Crippen LogP contribution is -1.94. The minimum Gasteiger partial charge on any atom is -0.476 e. The Morgan fingerprint density at radius 2 is 2.20 bits per heavy atom. The molecule has 15 heavy (non-hydrogen) atoms. The van der Waals surface area contributed by atoms with Crippen molar-refractivity contribution in [3.63, 3.8) is 0 Å². The Balaban J connectivity index is 2.41. The van der Waals surface area contributed by atoms with E-state index in [4.69, 9.17) is 5.11 Å². The second-order valence-electron chi connectivity index (χ2n) is 3.25. The Morgan fingerprint density at radius 3 is 2.80 bits per heavy atom. The molecule has 1 aromatic carbocycles. The molecule has 0 aliphatic heterocycles. The fourth-order valence-electron chi connectivity index (χ4n) is 1.31. The average molecular weight is 219 g/mol. The van der Waals surface area contributed by atoms with Crippen LogP contribution in [0.15, 0.2) is 30.3 Å². The third-order valence-corrected chi connectivity index (χ3v) is 2.87. The van der Waals surface area contributed by atoms with Gasteiger partial charge in [-0.2, -0.15) is 4.37 Å². The lowest BCUT2D eigenvalue weighted by atomic mass is 10.1. The first-order valence-corrected chi connectivity index (χ1v) is 5.21. The minimum atomic E-state index is -0.981. The van der Waals surface area contributed by atoms with Gasteiger partial charge in [-0.15, -0.1) is 0 Å². The molecule has 3 nitrogen and oxygen atoms in total. The number of hydrogen-bond donors (Lipinski definition) is 1. The van der Waals surface area contributed by atoms with Crippen LogP contribution in [0.5, 0.6) is 0 Å². The number of benzene rings is 1. The van der Waals surface area contributed by atoms with Gasteiger partial charge >= 0.3 is 5.97 Å². The van der Waals surface area contributed by atoms with Crippen LogP contribution >= 0.6 is 11.5 Å². The summed E-state index contributed by atoms with van der Waals surface area (Å²) in [7, 11) is 0. The third kappa shape index (κ3) is 2.05. The van der Waals surface area contributed by atoms with Crippen LogP contribution in [0.25, 0.3) is 10.4 Å². The van der Waals surface area contributed by atoms with E-state index in [1.54, 1.807) is 6.07 Å². The zero-order chi connectivity index (χ0) is 10.8. The summed E-state index contributed by atoms with van der Waals surface area (Å²) in [6.07, 6.45) is 0. The van der Waals surface area contributed by atoms with Gasteiger partial charge in [-0.25, -0.2) is 4.79 Å². The maximum absolute atomic E-state index is 10.7. The molecule has 1 N–H and O–H groups in total. The summed E-state index contributed by atoms with van der Waals surface area (Å²) in [5.74, 6) is -0.981. The normalized spacial score (nSPS) is 10.2. The molecule has 0 bridgehead atoms. The van der Waals surface area contributed by atoms with Crippen molar-refractivity contribution in [1.29, 1.82) is 0 Å². The molecule has 0 radical (unpaired) electrons. The summed E-state index contributed by atoms with van der Waals surface area (Å²) in [5, 5.41) is 8.74. The van der Waals surface area contributed by atoms with Crippen molar-refractivity contribution in [2.45, 2.75) is 6.92 Å². The van der Waals surface area contributed by atoms with Crippen LogP contribution < -0.4 is 0 Å². The van der Waals surface area contributed by atoms with E-state index in [0.29, 0.717) is 0 Å². The van der Waals surface area contributed by atoms with Gasteiger partial charge in [-0.3, -0.25) is 0 Å². The van der Waals surface area contributed by atoms with Crippen LogP contribution in [0, 0.1) is 6.92 Å². The molecule has 0 amide bonds. The van der Waals surface area contributed by atoms with Crippen molar-refractivity contribution in [2.75, 3.05) is 0 Å². The highest BCUT2D eigenvalue weighted by atomic mass is 32.1. The molecule has 0 saturated carbocycles. The van der Waals surface area contributed by atoms with Gasteiger partial charge < -0.3 is 5.11 Å². The van der Waals surface area contributed by atoms with E-state index in [0.717, 1.165) is 16.0 Å². The lowest BCUT2D eigenvalue weighted by molar-refractivity contribution is 0.0692. The van der Waals surface area contributed by atoms with E-state index in [1.807, 2.05) is 31.2 Å². The summed E-state index contributed by atoms with van der Waals surface area (Å²) >= 11 is 1.21. The summed E-state index contributed by atoms with van der Waals surface area (Å²) in [6, 6.07) is 9.51. The number of carbonyl (C=O) groups is 1. The number of nitrogens with zero attached hydrogens (tertiary/aromatic N) is 1. The number of aromatic carboxylic acids is 1. The van der Waals surface area contributed by atoms with Crippen molar-refractivity contribution < 1.29 is 9.90 Å². The molecule has 0 aliphatic carbocycles. The molecule has 0 atom stereocenters. The molecule has 76 valence electrons. The maximum Gasteiger partial charge on any atom is 0.355 e. The molecular formula is C11H9NO2S. The highest BCUT2D eigenvalue weighted by molar-refractivity contribution is 7.09. The Bertz CT molecular complexity index is 505. The third-order valence-electron chi connectivity index (χ3n) is 2.03. The van der Waals surface area contributed by atoms with Crippen molar-refractivity contribution in [1.82, 2.24) is 4.37 Å². The predicted octanol–water partition coefficient (Wildman–Crippen LogP) is 2.82. The highest BCUT2D eigenvalue weighted by Gasteiger charge is 2.09. The Morgan fingerprint density at radius 1 is 1.40 bits per heavy atom. The second kappa shape index (κ2) is 3.82. The second-order valence-corrected chi connectivity index (χ2v) is 4.06. The van der Waals surface area contributed by atoms with Gasteiger partial charge in [0.1, 0.15) is 0 Å². The monoisotopic (exact) mass is 219 g/mol. The Hall–Kier alpha value is -1.68. The van der Waals surface area contributed by atoms with E-state index in [2.05, 4.69) is 4.37 Å². The molecule has 0 aliphatic rings. The number of rotatable bonds is 2. The van der Waals surface area contributed by atoms with Gasteiger partial charge in [0, 0.05) is 0 Å². The van der Waals surface area contributed by atoms with Crippen molar-refractivity contribution in [2.24, 2.45) is 0 Å². The van der Waals surface area contributed by atoms with E-state index in [9.17, 15) is 4.79 Å². The van der Waals surface area contributed by atoms with Gasteiger partial charge in [0.15, 0.2) is 5.69 Å². The molecular weight excluding hydrogens is 210 g/mol. The van der Waals surface area contributed by atoms with Crippen molar-refractivity contribution >= 4 is 17.5 Å². The SMILES string of the molecule is Cc1cccc(-c2cc(C(=O)O)ns2)c1. The number of hydrogen-bond acceptors (Lipinski definition) is 3. The Kier molecular flexibility index (Phi) is 2.51. The van der Waals surface area contributed by atoms with E-state index in [1.165, 1.54) is 11.5 Å². The van der Waals surface area contributed by atoms with E-state index in [-0.39, 0.29) is 5.69 Å². The quantitative estimate of drug-likeness (QED) is 0.844. The van der Waals surface area contributed by atoms with Crippen LogP contribution in [-0.2, 0) is 0 Å². The molecule has 2 rings (SSSR count). The number of carboxylic acid groups (broad SMARTS) is 1. The first kappa shape index (κ1) is 9.86. The zero-order valence-electron chi connectivity index (χ0n) is 8.10. The number of aromatic nitrogens is 1. The van der Waals surface area contributed by atoms with Crippen LogP contribution in [-0.4, -0.2) is 15.4 Å². The molecule has 4 heteroatoms. The summed E-state index contributed by atoms with van der Waals surface area (Å²) in [6.45, 7) is 2.00. The van der Waals surface area contributed by atoms with Gasteiger partial charge in [-0.05, 0) is 30.1 Å². The molecule has 2 aromatic rings. The van der Waals surface area contributed by atoms with E-state index >= 15 is 0 Å². The van der Waals surface area contributed by atoms with Gasteiger partial charge in [0.25, 0.3) is 0 Å². The van der Waals surface area contributed by atoms with Crippen LogP contribution in [0.1, 0.15) is 16.1 Å². The summed E-state index contributed by atoms with van der Waals surface area (Å²) < 4.78 is 3.86. The van der Waals surface area contributed by atoms with Gasteiger partial charge in [0.05, 0.1) is 4.88 Å². The van der Waals surface area contributed by atoms with Gasteiger partial charge in [0.2, 0.25) is 0 Å². The first-order chi connectivity index (χ1) is 7.16. The lowest BCUT2D eigenvalue weighted by Gasteiger charge is -1.96.